The molecule has 0 saturated carbocycles. The number of anilines is 1. The van der Waals surface area contributed by atoms with E-state index in [1.807, 2.05) is 0 Å². The van der Waals surface area contributed by atoms with Crippen LogP contribution in [0, 0.1) is 0 Å². The molecule has 33 heavy (non-hydrogen) atoms. The summed E-state index contributed by atoms with van der Waals surface area (Å²) in [5, 5.41) is 6.75. The maximum Gasteiger partial charge on any atom is 0.345 e. The molecule has 0 spiro atoms. The van der Waals surface area contributed by atoms with Crippen LogP contribution < -0.4 is 20.2 Å². The molecule has 0 aliphatic rings. The number of methoxy groups -OCH3 is 1. The summed E-state index contributed by atoms with van der Waals surface area (Å²) in [6.45, 7) is 0. The molecule has 8 nitrogen and oxygen atoms in total. The molecule has 3 rings (SSSR count). The highest BCUT2D eigenvalue weighted by Crippen LogP contribution is 2.29. The Labute approximate surface area is 199 Å². The molecule has 2 N–H and O–H groups in total. The molecule has 3 aromatic carbocycles. The van der Waals surface area contributed by atoms with E-state index in [-0.39, 0.29) is 22.1 Å². The standard InChI is InChI=1S/C23H17Cl2N3O5/c1-32-20-11-14(13-26-28-22(30)21(29)27-16-5-3-2-4-6-16)7-10-19(20)33-23(31)17-9-8-15(24)12-18(17)25/h2-13H,1H3,(H,27,29)(H,28,30)/b26-13-. The smallest absolute Gasteiger partial charge is 0.345 e. The van der Waals surface area contributed by atoms with E-state index in [1.54, 1.807) is 36.4 Å². The van der Waals surface area contributed by atoms with Crippen molar-refractivity contribution in [1.29, 1.82) is 0 Å². The van der Waals surface area contributed by atoms with Gasteiger partial charge in [0.25, 0.3) is 0 Å². The first kappa shape index (κ1) is 23.8. The number of nitrogens with zero attached hydrogens (tertiary/aromatic N) is 1. The Hall–Kier alpha value is -3.88. The van der Waals surface area contributed by atoms with Crippen LogP contribution in [0.3, 0.4) is 0 Å². The molecule has 0 aliphatic carbocycles. The SMILES string of the molecule is COc1cc(/C=N\NC(=O)C(=O)Nc2ccccc2)ccc1OC(=O)c1ccc(Cl)cc1Cl. The lowest BCUT2D eigenvalue weighted by atomic mass is 10.2. The molecule has 3 aromatic rings. The molecule has 0 aliphatic heterocycles. The number of carbonyl (C=O) groups is 3. The van der Waals surface area contributed by atoms with Gasteiger partial charge in [-0.25, -0.2) is 10.2 Å². The quantitative estimate of drug-likeness (QED) is 0.178. The fraction of sp³-hybridized carbons (Fsp3) is 0.0435. The van der Waals surface area contributed by atoms with Gasteiger partial charge in [-0.05, 0) is 54.1 Å². The van der Waals surface area contributed by atoms with Crippen LogP contribution in [0.4, 0.5) is 5.69 Å². The lowest BCUT2D eigenvalue weighted by molar-refractivity contribution is -0.136. The van der Waals surface area contributed by atoms with Crippen LogP contribution >= 0.6 is 23.2 Å². The van der Waals surface area contributed by atoms with Crippen molar-refractivity contribution < 1.29 is 23.9 Å². The summed E-state index contributed by atoms with van der Waals surface area (Å²) in [6, 6.07) is 17.6. The van der Waals surface area contributed by atoms with Crippen LogP contribution in [0.1, 0.15) is 15.9 Å². The molecule has 0 heterocycles. The van der Waals surface area contributed by atoms with Crippen LogP contribution in [-0.4, -0.2) is 31.1 Å². The van der Waals surface area contributed by atoms with E-state index in [2.05, 4.69) is 15.8 Å². The maximum absolute atomic E-state index is 12.4. The zero-order chi connectivity index (χ0) is 23.8. The fourth-order valence-electron chi connectivity index (χ4n) is 2.58. The molecule has 0 radical (unpaired) electrons. The number of nitrogens with one attached hydrogen (secondary N) is 2. The van der Waals surface area contributed by atoms with Gasteiger partial charge >= 0.3 is 17.8 Å². The molecule has 0 aromatic heterocycles. The van der Waals surface area contributed by atoms with E-state index in [9.17, 15) is 14.4 Å². The first-order valence-electron chi connectivity index (χ1n) is 9.42. The average molecular weight is 486 g/mol. The summed E-state index contributed by atoms with van der Waals surface area (Å²) in [6.07, 6.45) is 1.30. The summed E-state index contributed by atoms with van der Waals surface area (Å²) in [7, 11) is 1.40. The van der Waals surface area contributed by atoms with Crippen LogP contribution in [0.5, 0.6) is 11.5 Å². The first-order chi connectivity index (χ1) is 15.9. The summed E-state index contributed by atoms with van der Waals surface area (Å²) in [5.41, 5.74) is 3.27. The van der Waals surface area contributed by atoms with Gasteiger partial charge < -0.3 is 14.8 Å². The lowest BCUT2D eigenvalue weighted by Crippen LogP contribution is -2.32. The third-order valence-electron chi connectivity index (χ3n) is 4.16. The zero-order valence-electron chi connectivity index (χ0n) is 17.2. The van der Waals surface area contributed by atoms with Crippen molar-refractivity contribution in [3.63, 3.8) is 0 Å². The van der Waals surface area contributed by atoms with E-state index >= 15 is 0 Å². The summed E-state index contributed by atoms with van der Waals surface area (Å²) >= 11 is 11.9. The normalized spacial score (nSPS) is 10.5. The molecular formula is C23H17Cl2N3O5. The molecule has 0 saturated heterocycles. The van der Waals surface area contributed by atoms with Gasteiger partial charge in [0.05, 0.1) is 23.9 Å². The third-order valence-corrected chi connectivity index (χ3v) is 4.71. The second-order valence-electron chi connectivity index (χ2n) is 6.44. The number of rotatable bonds is 6. The van der Waals surface area contributed by atoms with Gasteiger partial charge in [0, 0.05) is 10.7 Å². The molecule has 10 heteroatoms. The van der Waals surface area contributed by atoms with E-state index in [0.29, 0.717) is 16.3 Å². The van der Waals surface area contributed by atoms with Crippen LogP contribution in [0.15, 0.2) is 71.8 Å². The third kappa shape index (κ3) is 6.55. The van der Waals surface area contributed by atoms with Gasteiger partial charge in [-0.2, -0.15) is 5.10 Å². The number of para-hydroxylation sites is 1. The van der Waals surface area contributed by atoms with Crippen molar-refractivity contribution in [1.82, 2.24) is 5.43 Å². The summed E-state index contributed by atoms with van der Waals surface area (Å²) in [5.74, 6) is -2.10. The Morgan fingerprint density at radius 3 is 2.36 bits per heavy atom. The van der Waals surface area contributed by atoms with Crippen molar-refractivity contribution in [2.75, 3.05) is 12.4 Å². The van der Waals surface area contributed by atoms with Crippen molar-refractivity contribution in [2.45, 2.75) is 0 Å². The number of hydrogen-bond acceptors (Lipinski definition) is 6. The minimum Gasteiger partial charge on any atom is -0.493 e. The predicted octanol–water partition coefficient (Wildman–Crippen LogP) is 4.31. The zero-order valence-corrected chi connectivity index (χ0v) is 18.7. The van der Waals surface area contributed by atoms with Gasteiger partial charge in [-0.3, -0.25) is 9.59 Å². The number of ether oxygens (including phenoxy) is 2. The molecule has 0 bridgehead atoms. The lowest BCUT2D eigenvalue weighted by Gasteiger charge is -2.10. The second kappa shape index (κ2) is 11.1. The van der Waals surface area contributed by atoms with E-state index in [0.717, 1.165) is 0 Å². The van der Waals surface area contributed by atoms with Crippen molar-refractivity contribution in [3.05, 3.63) is 87.9 Å². The summed E-state index contributed by atoms with van der Waals surface area (Å²) in [4.78, 5) is 36.2. The monoisotopic (exact) mass is 485 g/mol. The average Bonchev–Trinajstić information content (AvgIpc) is 2.80. The molecule has 168 valence electrons. The first-order valence-corrected chi connectivity index (χ1v) is 10.2. The summed E-state index contributed by atoms with van der Waals surface area (Å²) < 4.78 is 10.6. The molecule has 0 fully saturated rings. The van der Waals surface area contributed by atoms with E-state index in [4.69, 9.17) is 32.7 Å². The minimum absolute atomic E-state index is 0.144. The Balaban J connectivity index is 1.63. The number of hydrogen-bond donors (Lipinski definition) is 2. The maximum atomic E-state index is 12.4. The van der Waals surface area contributed by atoms with Gasteiger partial charge in [0.15, 0.2) is 11.5 Å². The predicted molar refractivity (Wildman–Crippen MR) is 125 cm³/mol. The largest absolute Gasteiger partial charge is 0.493 e. The number of benzene rings is 3. The molecular weight excluding hydrogens is 469 g/mol. The van der Waals surface area contributed by atoms with Gasteiger partial charge in [0.2, 0.25) is 0 Å². The van der Waals surface area contributed by atoms with Gasteiger partial charge in [-0.15, -0.1) is 0 Å². The van der Waals surface area contributed by atoms with Gasteiger partial charge in [0.1, 0.15) is 0 Å². The van der Waals surface area contributed by atoms with Gasteiger partial charge in [-0.1, -0.05) is 41.4 Å². The number of halogens is 2. The molecule has 0 atom stereocenters. The Morgan fingerprint density at radius 1 is 0.909 bits per heavy atom. The Kier molecular flexibility index (Phi) is 8.01. The fourth-order valence-corrected chi connectivity index (χ4v) is 3.07. The van der Waals surface area contributed by atoms with E-state index < -0.39 is 17.8 Å². The highest BCUT2D eigenvalue weighted by molar-refractivity contribution is 6.39. The van der Waals surface area contributed by atoms with Crippen LogP contribution in [-0.2, 0) is 9.59 Å². The van der Waals surface area contributed by atoms with Crippen LogP contribution in [0.2, 0.25) is 10.0 Å². The van der Waals surface area contributed by atoms with Crippen molar-refractivity contribution >= 4 is 52.9 Å². The number of hydrazone groups is 1. The number of esters is 1. The highest BCUT2D eigenvalue weighted by atomic mass is 35.5. The number of carbonyl (C=O) groups excluding carboxylic acids is 3. The minimum atomic E-state index is -0.938. The Morgan fingerprint density at radius 2 is 1.67 bits per heavy atom. The highest BCUT2D eigenvalue weighted by Gasteiger charge is 2.16. The van der Waals surface area contributed by atoms with Crippen molar-refractivity contribution in [3.8, 4) is 11.5 Å². The molecule has 0 unspecified atom stereocenters. The number of amides is 2. The second-order valence-corrected chi connectivity index (χ2v) is 7.29. The van der Waals surface area contributed by atoms with E-state index in [1.165, 1.54) is 43.7 Å². The molecule has 2 amide bonds. The Bertz CT molecular complexity index is 1220. The van der Waals surface area contributed by atoms with Crippen molar-refractivity contribution in [2.24, 2.45) is 5.10 Å². The van der Waals surface area contributed by atoms with Crippen LogP contribution in [0.25, 0.3) is 0 Å². The topological polar surface area (TPSA) is 106 Å².